The van der Waals surface area contributed by atoms with E-state index in [1.54, 1.807) is 30.3 Å². The van der Waals surface area contributed by atoms with Crippen LogP contribution in [-0.4, -0.2) is 39.2 Å². The van der Waals surface area contributed by atoms with Crippen LogP contribution < -0.4 is 5.48 Å². The fourth-order valence-electron chi connectivity index (χ4n) is 4.84. The number of nitrogens with zero attached hydrogens (tertiary/aromatic N) is 2. The first-order valence-corrected chi connectivity index (χ1v) is 11.4. The minimum absolute atomic E-state index is 0.206. The summed E-state index contributed by atoms with van der Waals surface area (Å²) in [6, 6.07) is 12.1. The Labute approximate surface area is 192 Å². The predicted octanol–water partition coefficient (Wildman–Crippen LogP) is 4.97. The summed E-state index contributed by atoms with van der Waals surface area (Å²) >= 11 is 0. The molecule has 1 spiro atoms. The number of benzene rings is 2. The van der Waals surface area contributed by atoms with Gasteiger partial charge in [0.2, 0.25) is 0 Å². The third kappa shape index (κ3) is 4.14. The van der Waals surface area contributed by atoms with Crippen molar-refractivity contribution in [2.45, 2.75) is 44.9 Å². The van der Waals surface area contributed by atoms with E-state index in [0.29, 0.717) is 6.04 Å². The number of hydrogen-bond acceptors (Lipinski definition) is 4. The van der Waals surface area contributed by atoms with Crippen LogP contribution in [0.5, 0.6) is 0 Å². The molecule has 1 saturated heterocycles. The molecule has 0 radical (unpaired) electrons. The number of fused-ring (bicyclic) bond motifs is 1. The summed E-state index contributed by atoms with van der Waals surface area (Å²) < 4.78 is 16.2. The van der Waals surface area contributed by atoms with Gasteiger partial charge < -0.3 is 9.67 Å². The van der Waals surface area contributed by atoms with Gasteiger partial charge >= 0.3 is 5.97 Å². The molecule has 0 unspecified atom stereocenters. The van der Waals surface area contributed by atoms with Crippen LogP contribution in [0.2, 0.25) is 0 Å². The number of hydrogen-bond donors (Lipinski definition) is 2. The minimum atomic E-state index is -0.936. The van der Waals surface area contributed by atoms with Gasteiger partial charge in [-0.2, -0.15) is 0 Å². The molecule has 0 bridgehead atoms. The van der Waals surface area contributed by atoms with Crippen LogP contribution in [0.25, 0.3) is 16.6 Å². The van der Waals surface area contributed by atoms with E-state index in [4.69, 9.17) is 9.94 Å². The molecule has 1 fully saturated rings. The Morgan fingerprint density at radius 3 is 2.58 bits per heavy atom. The molecule has 0 amide bonds. The molecule has 7 heteroatoms. The van der Waals surface area contributed by atoms with Gasteiger partial charge in [-0.05, 0) is 74.2 Å². The van der Waals surface area contributed by atoms with E-state index in [1.807, 2.05) is 6.07 Å². The van der Waals surface area contributed by atoms with Crippen molar-refractivity contribution in [1.29, 1.82) is 0 Å². The quantitative estimate of drug-likeness (QED) is 0.576. The standard InChI is InChI=1S/C26H28FN3O3/c1-17(2)30-16-20(22-13-21(27)7-8-24(22)30)15-29-11-9-26(10-12-29)14-23(28-33-26)18-3-5-19(6-4-18)25(31)32/h3-8,13-14,16-17,28H,9-12,15H2,1-2H3,(H,31,32). The molecule has 2 N–H and O–H groups in total. The lowest BCUT2D eigenvalue weighted by Gasteiger charge is -2.36. The van der Waals surface area contributed by atoms with Gasteiger partial charge in [0.05, 0.1) is 11.3 Å². The van der Waals surface area contributed by atoms with Crippen LogP contribution in [0.1, 0.15) is 54.2 Å². The van der Waals surface area contributed by atoms with Crippen LogP contribution >= 0.6 is 0 Å². The average Bonchev–Trinajstić information content (AvgIpc) is 3.37. The molecule has 0 atom stereocenters. The highest BCUT2D eigenvalue weighted by atomic mass is 19.1. The summed E-state index contributed by atoms with van der Waals surface area (Å²) in [5, 5.41) is 10.1. The molecule has 3 aromatic rings. The van der Waals surface area contributed by atoms with Crippen LogP contribution in [0.4, 0.5) is 4.39 Å². The van der Waals surface area contributed by atoms with E-state index in [2.05, 4.69) is 41.1 Å². The Hall–Kier alpha value is -3.16. The van der Waals surface area contributed by atoms with Gasteiger partial charge in [-0.25, -0.2) is 9.18 Å². The van der Waals surface area contributed by atoms with Gasteiger partial charge in [-0.15, -0.1) is 0 Å². The van der Waals surface area contributed by atoms with Crippen molar-refractivity contribution in [1.82, 2.24) is 14.9 Å². The maximum Gasteiger partial charge on any atom is 0.335 e. The van der Waals surface area contributed by atoms with Crippen LogP contribution in [0.15, 0.2) is 54.7 Å². The highest BCUT2D eigenvalue weighted by molar-refractivity contribution is 5.88. The second-order valence-electron chi connectivity index (χ2n) is 9.30. The Morgan fingerprint density at radius 2 is 1.91 bits per heavy atom. The fraction of sp³-hybridized carbons (Fsp3) is 0.346. The normalized spacial score (nSPS) is 18.1. The van der Waals surface area contributed by atoms with Crippen molar-refractivity contribution in [3.8, 4) is 0 Å². The number of carboxylic acid groups (broad SMARTS) is 1. The lowest BCUT2D eigenvalue weighted by atomic mass is 9.90. The van der Waals surface area contributed by atoms with Crippen LogP contribution in [0, 0.1) is 5.82 Å². The largest absolute Gasteiger partial charge is 0.478 e. The van der Waals surface area contributed by atoms with Gasteiger partial charge in [0.15, 0.2) is 0 Å². The number of halogens is 1. The highest BCUT2D eigenvalue weighted by Gasteiger charge is 2.39. The van der Waals surface area contributed by atoms with E-state index < -0.39 is 5.97 Å². The first-order valence-electron chi connectivity index (χ1n) is 11.4. The molecular formula is C26H28FN3O3. The van der Waals surface area contributed by atoms with Crippen LogP contribution in [0.3, 0.4) is 0 Å². The number of hydroxylamine groups is 1. The van der Waals surface area contributed by atoms with Crippen molar-refractivity contribution < 1.29 is 19.1 Å². The number of aromatic carboxylic acids is 1. The SMILES string of the molecule is CC(C)n1cc(CN2CCC3(C=C(c4ccc(C(=O)O)cc4)NO3)CC2)c2cc(F)ccc21. The number of aromatic nitrogens is 1. The number of carboxylic acids is 1. The number of carbonyl (C=O) groups is 1. The van der Waals surface area contributed by atoms with Gasteiger partial charge in [0.1, 0.15) is 11.4 Å². The van der Waals surface area contributed by atoms with Gasteiger partial charge in [-0.3, -0.25) is 15.2 Å². The molecule has 33 heavy (non-hydrogen) atoms. The molecule has 2 aliphatic heterocycles. The smallest absolute Gasteiger partial charge is 0.335 e. The van der Waals surface area contributed by atoms with Gasteiger partial charge in [-0.1, -0.05) is 12.1 Å². The monoisotopic (exact) mass is 449 g/mol. The third-order valence-electron chi connectivity index (χ3n) is 6.74. The van der Waals surface area contributed by atoms with E-state index in [1.165, 1.54) is 6.07 Å². The Balaban J connectivity index is 1.29. The summed E-state index contributed by atoms with van der Waals surface area (Å²) in [5.74, 6) is -1.14. The zero-order valence-corrected chi connectivity index (χ0v) is 18.8. The summed E-state index contributed by atoms with van der Waals surface area (Å²) in [7, 11) is 0. The second kappa shape index (κ2) is 8.32. The maximum absolute atomic E-state index is 14.0. The third-order valence-corrected chi connectivity index (χ3v) is 6.74. The molecule has 6 nitrogen and oxygen atoms in total. The maximum atomic E-state index is 14.0. The fourth-order valence-corrected chi connectivity index (χ4v) is 4.84. The number of nitrogens with one attached hydrogen (secondary N) is 1. The summed E-state index contributed by atoms with van der Waals surface area (Å²) in [5.41, 5.74) is 6.93. The minimum Gasteiger partial charge on any atom is -0.478 e. The first kappa shape index (κ1) is 21.7. The topological polar surface area (TPSA) is 66.7 Å². The molecule has 0 saturated carbocycles. The number of piperidine rings is 1. The predicted molar refractivity (Wildman–Crippen MR) is 125 cm³/mol. The lowest BCUT2D eigenvalue weighted by molar-refractivity contribution is -0.0703. The van der Waals surface area contributed by atoms with E-state index in [0.717, 1.165) is 60.2 Å². The average molecular weight is 450 g/mol. The van der Waals surface area contributed by atoms with Crippen molar-refractivity contribution in [2.24, 2.45) is 0 Å². The number of rotatable bonds is 5. The molecule has 2 aliphatic rings. The summed E-state index contributed by atoms with van der Waals surface area (Å²) in [6.45, 7) is 6.79. The molecule has 0 aliphatic carbocycles. The van der Waals surface area contributed by atoms with Crippen molar-refractivity contribution in [3.63, 3.8) is 0 Å². The molecule has 2 aromatic carbocycles. The molecule has 1 aromatic heterocycles. The first-order chi connectivity index (χ1) is 15.8. The molecule has 5 rings (SSSR count). The zero-order chi connectivity index (χ0) is 23.2. The van der Waals surface area contributed by atoms with E-state index >= 15 is 0 Å². The van der Waals surface area contributed by atoms with Gasteiger partial charge in [0.25, 0.3) is 0 Å². The summed E-state index contributed by atoms with van der Waals surface area (Å²) in [4.78, 5) is 19.5. The Bertz CT molecular complexity index is 1220. The van der Waals surface area contributed by atoms with Crippen molar-refractivity contribution >= 4 is 22.6 Å². The highest BCUT2D eigenvalue weighted by Crippen LogP contribution is 2.36. The summed E-state index contributed by atoms with van der Waals surface area (Å²) in [6.07, 6.45) is 5.97. The van der Waals surface area contributed by atoms with E-state index in [9.17, 15) is 9.18 Å². The number of likely N-dealkylation sites (tertiary alicyclic amines) is 1. The van der Waals surface area contributed by atoms with Crippen molar-refractivity contribution in [2.75, 3.05) is 13.1 Å². The molecule has 172 valence electrons. The van der Waals surface area contributed by atoms with E-state index in [-0.39, 0.29) is 17.0 Å². The Kier molecular flexibility index (Phi) is 5.46. The lowest BCUT2D eigenvalue weighted by Crippen LogP contribution is -2.44. The zero-order valence-electron chi connectivity index (χ0n) is 18.8. The second-order valence-corrected chi connectivity index (χ2v) is 9.30. The van der Waals surface area contributed by atoms with Gasteiger partial charge in [0, 0.05) is 42.8 Å². The Morgan fingerprint density at radius 1 is 1.18 bits per heavy atom. The van der Waals surface area contributed by atoms with Crippen LogP contribution in [-0.2, 0) is 11.4 Å². The molecule has 3 heterocycles. The van der Waals surface area contributed by atoms with Crippen molar-refractivity contribution in [3.05, 3.63) is 77.2 Å². The molecular weight excluding hydrogens is 421 g/mol.